The molecule has 23 heavy (non-hydrogen) atoms. The summed E-state index contributed by atoms with van der Waals surface area (Å²) in [7, 11) is -1.50. The normalized spacial score (nSPS) is 12.3. The van der Waals surface area contributed by atoms with E-state index in [0.29, 0.717) is 25.6 Å². The third-order valence-corrected chi connectivity index (χ3v) is 5.38. The van der Waals surface area contributed by atoms with Gasteiger partial charge in [-0.1, -0.05) is 29.4 Å². The number of hydrogen-bond donors (Lipinski definition) is 0. The predicted molar refractivity (Wildman–Crippen MR) is 89.8 cm³/mol. The van der Waals surface area contributed by atoms with Crippen LogP contribution in [0.2, 0.25) is 5.02 Å². The van der Waals surface area contributed by atoms with Crippen LogP contribution in [0.1, 0.15) is 0 Å². The number of benzene rings is 2. The summed E-state index contributed by atoms with van der Waals surface area (Å²) in [5.41, 5.74) is 0.500. The van der Waals surface area contributed by atoms with Crippen LogP contribution in [0.4, 0.5) is 4.39 Å². The Hall–Kier alpha value is -1.63. The SMILES string of the molecule is CSc1oc(-c2cccc(F)c2)nc1S(=O)c1ccc(Cl)cc1. The lowest BCUT2D eigenvalue weighted by atomic mass is 10.2. The van der Waals surface area contributed by atoms with Crippen molar-refractivity contribution in [3.8, 4) is 11.5 Å². The summed E-state index contributed by atoms with van der Waals surface area (Å²) in [6.07, 6.45) is 1.80. The molecule has 0 saturated carbocycles. The molecule has 0 fully saturated rings. The molecule has 3 nitrogen and oxygen atoms in total. The molecule has 1 heterocycles. The largest absolute Gasteiger partial charge is 0.429 e. The van der Waals surface area contributed by atoms with Gasteiger partial charge in [0.15, 0.2) is 10.1 Å². The third-order valence-electron chi connectivity index (χ3n) is 3.03. The molecule has 0 amide bonds. The van der Waals surface area contributed by atoms with Crippen LogP contribution in [0, 0.1) is 5.82 Å². The van der Waals surface area contributed by atoms with Gasteiger partial charge in [-0.25, -0.2) is 8.60 Å². The second-order valence-electron chi connectivity index (χ2n) is 4.55. The summed E-state index contributed by atoms with van der Waals surface area (Å²) in [6, 6.07) is 12.6. The van der Waals surface area contributed by atoms with Crippen molar-refractivity contribution in [2.24, 2.45) is 0 Å². The molecular weight excluding hydrogens is 357 g/mol. The number of halogens is 2. The molecule has 0 N–H and O–H groups in total. The average Bonchev–Trinajstić information content (AvgIpc) is 2.99. The van der Waals surface area contributed by atoms with Crippen LogP contribution in [-0.2, 0) is 10.8 Å². The Morgan fingerprint density at radius 2 is 1.96 bits per heavy atom. The molecule has 118 valence electrons. The Morgan fingerprint density at radius 1 is 1.22 bits per heavy atom. The Labute approximate surface area is 144 Å². The lowest BCUT2D eigenvalue weighted by Gasteiger charge is -1.99. The minimum atomic E-state index is -1.50. The first-order chi connectivity index (χ1) is 11.1. The maximum atomic E-state index is 13.4. The topological polar surface area (TPSA) is 43.1 Å². The van der Waals surface area contributed by atoms with E-state index in [1.165, 1.54) is 23.9 Å². The molecule has 0 bridgehead atoms. The Morgan fingerprint density at radius 3 is 2.61 bits per heavy atom. The van der Waals surface area contributed by atoms with Crippen molar-refractivity contribution in [1.82, 2.24) is 4.98 Å². The van der Waals surface area contributed by atoms with Crippen LogP contribution in [0.5, 0.6) is 0 Å². The van der Waals surface area contributed by atoms with E-state index < -0.39 is 10.8 Å². The Bertz CT molecular complexity index is 865. The molecule has 3 aromatic rings. The molecule has 3 rings (SSSR count). The average molecular weight is 368 g/mol. The number of rotatable bonds is 4. The van der Waals surface area contributed by atoms with E-state index in [1.807, 2.05) is 0 Å². The molecule has 0 saturated heterocycles. The Balaban J connectivity index is 2.02. The summed E-state index contributed by atoms with van der Waals surface area (Å²) in [4.78, 5) is 4.88. The number of aromatic nitrogens is 1. The summed E-state index contributed by atoms with van der Waals surface area (Å²) in [5.74, 6) is -0.141. The zero-order valence-corrected chi connectivity index (χ0v) is 14.3. The van der Waals surface area contributed by atoms with Crippen molar-refractivity contribution in [2.75, 3.05) is 6.26 Å². The summed E-state index contributed by atoms with van der Waals surface area (Å²) < 4.78 is 31.7. The predicted octanol–water partition coefficient (Wildman–Crippen LogP) is 5.02. The second-order valence-corrected chi connectivity index (χ2v) is 7.16. The minimum Gasteiger partial charge on any atom is -0.429 e. The summed E-state index contributed by atoms with van der Waals surface area (Å²) in [5, 5.41) is 1.33. The molecule has 0 radical (unpaired) electrons. The second kappa shape index (κ2) is 6.86. The highest BCUT2D eigenvalue weighted by atomic mass is 35.5. The molecule has 0 spiro atoms. The van der Waals surface area contributed by atoms with Crippen LogP contribution < -0.4 is 0 Å². The van der Waals surface area contributed by atoms with Crippen LogP contribution in [-0.4, -0.2) is 15.4 Å². The fraction of sp³-hybridized carbons (Fsp3) is 0.0625. The maximum absolute atomic E-state index is 13.4. The summed E-state index contributed by atoms with van der Waals surface area (Å²) >= 11 is 7.15. The van der Waals surface area contributed by atoms with Gasteiger partial charge in [-0.15, -0.1) is 0 Å². The van der Waals surface area contributed by atoms with Gasteiger partial charge >= 0.3 is 0 Å². The molecule has 1 unspecified atom stereocenters. The lowest BCUT2D eigenvalue weighted by Crippen LogP contribution is -1.94. The maximum Gasteiger partial charge on any atom is 0.228 e. The molecule has 7 heteroatoms. The van der Waals surface area contributed by atoms with Crippen molar-refractivity contribution in [2.45, 2.75) is 15.0 Å². The van der Waals surface area contributed by atoms with Crippen molar-refractivity contribution in [3.05, 3.63) is 59.4 Å². The van der Waals surface area contributed by atoms with Gasteiger partial charge in [0.1, 0.15) is 16.6 Å². The smallest absolute Gasteiger partial charge is 0.228 e. The quantitative estimate of drug-likeness (QED) is 0.607. The van der Waals surface area contributed by atoms with E-state index >= 15 is 0 Å². The van der Waals surface area contributed by atoms with Gasteiger partial charge in [-0.3, -0.25) is 0 Å². The van der Waals surface area contributed by atoms with E-state index in [-0.39, 0.29) is 11.7 Å². The standard InChI is InChI=1S/C16H11ClFNO2S2/c1-22-16-15(23(20)13-7-5-11(17)6-8-13)19-14(21-16)10-3-2-4-12(18)9-10/h2-9H,1H3. The third kappa shape index (κ3) is 3.49. The van der Waals surface area contributed by atoms with Gasteiger partial charge in [0.25, 0.3) is 0 Å². The Kier molecular flexibility index (Phi) is 4.84. The van der Waals surface area contributed by atoms with Gasteiger partial charge in [-0.05, 0) is 48.7 Å². The minimum absolute atomic E-state index is 0.242. The first kappa shape index (κ1) is 16.2. The van der Waals surface area contributed by atoms with Crippen LogP contribution in [0.3, 0.4) is 0 Å². The van der Waals surface area contributed by atoms with Gasteiger partial charge in [0.2, 0.25) is 5.89 Å². The fourth-order valence-corrected chi connectivity index (χ4v) is 3.90. The molecule has 0 aliphatic carbocycles. The van der Waals surface area contributed by atoms with Crippen LogP contribution >= 0.6 is 23.4 Å². The number of oxazole rings is 1. The van der Waals surface area contributed by atoms with Crippen molar-refractivity contribution >= 4 is 34.2 Å². The van der Waals surface area contributed by atoms with Gasteiger partial charge in [0, 0.05) is 15.5 Å². The van der Waals surface area contributed by atoms with E-state index in [0.717, 1.165) is 0 Å². The van der Waals surface area contributed by atoms with Crippen molar-refractivity contribution < 1.29 is 13.0 Å². The molecular formula is C16H11ClFNO2S2. The highest BCUT2D eigenvalue weighted by Gasteiger charge is 2.21. The number of thioether (sulfide) groups is 1. The highest BCUT2D eigenvalue weighted by molar-refractivity contribution is 7.99. The fourth-order valence-electron chi connectivity index (χ4n) is 1.95. The first-order valence-electron chi connectivity index (χ1n) is 6.56. The van der Waals surface area contributed by atoms with Crippen LogP contribution in [0.15, 0.2) is 68.0 Å². The molecule has 2 aromatic carbocycles. The van der Waals surface area contributed by atoms with E-state index in [2.05, 4.69) is 4.98 Å². The molecule has 0 aliphatic rings. The molecule has 0 aliphatic heterocycles. The van der Waals surface area contributed by atoms with E-state index in [9.17, 15) is 8.60 Å². The summed E-state index contributed by atoms with van der Waals surface area (Å²) in [6.45, 7) is 0. The number of nitrogens with zero attached hydrogens (tertiary/aromatic N) is 1. The van der Waals surface area contributed by atoms with E-state index in [4.69, 9.17) is 16.0 Å². The van der Waals surface area contributed by atoms with Crippen molar-refractivity contribution in [1.29, 1.82) is 0 Å². The van der Waals surface area contributed by atoms with Gasteiger partial charge in [-0.2, -0.15) is 4.98 Å². The van der Waals surface area contributed by atoms with Gasteiger partial charge < -0.3 is 4.42 Å². The lowest BCUT2D eigenvalue weighted by molar-refractivity contribution is 0.473. The van der Waals surface area contributed by atoms with Crippen LogP contribution in [0.25, 0.3) is 11.5 Å². The first-order valence-corrected chi connectivity index (χ1v) is 9.32. The zero-order chi connectivity index (χ0) is 16.4. The number of hydrogen-bond acceptors (Lipinski definition) is 4. The van der Waals surface area contributed by atoms with Gasteiger partial charge in [0.05, 0.1) is 0 Å². The highest BCUT2D eigenvalue weighted by Crippen LogP contribution is 2.32. The molecule has 1 atom stereocenters. The van der Waals surface area contributed by atoms with Crippen molar-refractivity contribution in [3.63, 3.8) is 0 Å². The monoisotopic (exact) mass is 367 g/mol. The zero-order valence-electron chi connectivity index (χ0n) is 12.0. The van der Waals surface area contributed by atoms with E-state index in [1.54, 1.807) is 42.7 Å². The molecule has 1 aromatic heterocycles.